The van der Waals surface area contributed by atoms with E-state index >= 15 is 0 Å². The summed E-state index contributed by atoms with van der Waals surface area (Å²) in [5, 5.41) is 0. The third-order valence-electron chi connectivity index (χ3n) is 4.41. The van der Waals surface area contributed by atoms with Gasteiger partial charge in [-0.3, -0.25) is 0 Å². The van der Waals surface area contributed by atoms with Crippen molar-refractivity contribution in [1.82, 2.24) is 0 Å². The van der Waals surface area contributed by atoms with E-state index in [1.165, 1.54) is 5.56 Å². The van der Waals surface area contributed by atoms with Crippen molar-refractivity contribution in [1.29, 1.82) is 0 Å². The van der Waals surface area contributed by atoms with E-state index in [4.69, 9.17) is 27.2 Å². The van der Waals surface area contributed by atoms with Crippen LogP contribution in [0.5, 0.6) is 11.5 Å². The molecule has 0 spiro atoms. The first-order valence-corrected chi connectivity index (χ1v) is 9.84. The van der Waals surface area contributed by atoms with Crippen LogP contribution >= 0.6 is 0 Å². The van der Waals surface area contributed by atoms with Crippen LogP contribution in [-0.2, 0) is 14.9 Å². The molecule has 0 radical (unpaired) electrons. The molecule has 1 atom stereocenters. The minimum atomic E-state index is -6.09. The summed E-state index contributed by atoms with van der Waals surface area (Å²) in [5.41, 5.74) is -2.22. The van der Waals surface area contributed by atoms with Gasteiger partial charge in [-0.05, 0) is 18.2 Å². The Morgan fingerprint density at radius 2 is 1.57 bits per heavy atom. The number of ether oxygens (including phenoxy) is 3. The molecule has 0 saturated carbocycles. The van der Waals surface area contributed by atoms with Crippen molar-refractivity contribution >= 4 is 16.0 Å². The molecule has 0 amide bonds. The Balaban J connectivity index is 0.000000343. The van der Waals surface area contributed by atoms with Gasteiger partial charge in [0.2, 0.25) is 6.04 Å². The molecule has 11 heteroatoms. The van der Waals surface area contributed by atoms with Gasteiger partial charge < -0.3 is 18.8 Å². The summed E-state index contributed by atoms with van der Waals surface area (Å²) >= 11 is 0. The van der Waals surface area contributed by atoms with Crippen molar-refractivity contribution in [3.63, 3.8) is 0 Å². The third kappa shape index (κ3) is 4.68. The van der Waals surface area contributed by atoms with Crippen molar-refractivity contribution in [2.45, 2.75) is 11.6 Å². The van der Waals surface area contributed by atoms with E-state index in [2.05, 4.69) is 16.7 Å². The first kappa shape index (κ1) is 23.5. The summed E-state index contributed by atoms with van der Waals surface area (Å²) in [4.78, 5) is 0. The predicted octanol–water partition coefficient (Wildman–Crippen LogP) is 2.89. The zero-order chi connectivity index (χ0) is 22.7. The molecule has 2 aromatic rings. The summed E-state index contributed by atoms with van der Waals surface area (Å²) in [5.74, 6) is 2.47. The van der Waals surface area contributed by atoms with E-state index < -0.39 is 15.6 Å². The maximum Gasteiger partial charge on any atom is 0.485 e. The highest BCUT2D eigenvalue weighted by molar-refractivity contribution is 7.86. The van der Waals surface area contributed by atoms with E-state index in [1.54, 1.807) is 21.3 Å². The van der Waals surface area contributed by atoms with Gasteiger partial charge in [-0.15, -0.1) is 0 Å². The van der Waals surface area contributed by atoms with Gasteiger partial charge in [-0.25, -0.2) is 8.42 Å². The van der Waals surface area contributed by atoms with Crippen LogP contribution in [0, 0.1) is 0 Å². The minimum Gasteiger partial charge on any atom is -0.741 e. The number of methoxy groups -OCH3 is 3. The number of benzene rings is 2. The monoisotopic (exact) mass is 447 g/mol. The van der Waals surface area contributed by atoms with Crippen LogP contribution in [0.25, 0.3) is 0 Å². The maximum atomic E-state index is 10.7. The van der Waals surface area contributed by atoms with Crippen molar-refractivity contribution in [2.24, 2.45) is 0 Å². The van der Waals surface area contributed by atoms with Crippen LogP contribution in [0.1, 0.15) is 22.7 Å². The molecule has 0 aliphatic carbocycles. The Morgan fingerprint density at radius 3 is 2.07 bits per heavy atom. The van der Waals surface area contributed by atoms with Crippen molar-refractivity contribution in [3.8, 4) is 11.5 Å². The SMILES string of the molecule is COC1=[N+](C)C(c2ccc(OC)cc2OC)c2ccccc21.O=S(=O)([O-])C(F)(F)F. The van der Waals surface area contributed by atoms with Gasteiger partial charge in [0.15, 0.2) is 10.1 Å². The molecular formula is C19H20F3NO6S. The molecule has 1 aliphatic heterocycles. The zero-order valence-electron chi connectivity index (χ0n) is 16.6. The highest BCUT2D eigenvalue weighted by Gasteiger charge is 2.40. The van der Waals surface area contributed by atoms with E-state index in [-0.39, 0.29) is 6.04 Å². The van der Waals surface area contributed by atoms with Gasteiger partial charge in [0.05, 0.1) is 32.5 Å². The van der Waals surface area contributed by atoms with Crippen LogP contribution in [-0.4, -0.2) is 57.3 Å². The average Bonchev–Trinajstić information content (AvgIpc) is 2.97. The molecule has 7 nitrogen and oxygen atoms in total. The largest absolute Gasteiger partial charge is 0.741 e. The molecule has 0 aromatic heterocycles. The number of hydrogen-bond donors (Lipinski definition) is 0. The van der Waals surface area contributed by atoms with Crippen LogP contribution in [0.4, 0.5) is 13.2 Å². The van der Waals surface area contributed by atoms with Gasteiger partial charge in [0, 0.05) is 11.6 Å². The summed E-state index contributed by atoms with van der Waals surface area (Å²) in [7, 11) is 0.985. The smallest absolute Gasteiger partial charge is 0.485 e. The fourth-order valence-corrected chi connectivity index (χ4v) is 3.12. The summed E-state index contributed by atoms with van der Waals surface area (Å²) in [6.07, 6.45) is 0. The number of alkyl halides is 3. The van der Waals surface area contributed by atoms with Gasteiger partial charge in [-0.1, -0.05) is 18.2 Å². The molecule has 0 bridgehead atoms. The van der Waals surface area contributed by atoms with E-state index in [1.807, 2.05) is 37.4 Å². The topological polar surface area (TPSA) is 87.9 Å². The molecule has 1 aliphatic rings. The number of nitrogens with zero attached hydrogens (tertiary/aromatic N) is 1. The minimum absolute atomic E-state index is 0.0620. The lowest BCUT2D eigenvalue weighted by Crippen LogP contribution is -2.21. The number of hydrogen-bond acceptors (Lipinski definition) is 6. The number of rotatable bonds is 3. The van der Waals surface area contributed by atoms with E-state index in [9.17, 15) is 13.2 Å². The first-order chi connectivity index (χ1) is 14.0. The first-order valence-electron chi connectivity index (χ1n) is 8.43. The van der Waals surface area contributed by atoms with Crippen molar-refractivity contribution < 1.29 is 44.9 Å². The Hall–Kier alpha value is -2.79. The number of halogens is 3. The molecule has 164 valence electrons. The van der Waals surface area contributed by atoms with Crippen molar-refractivity contribution in [2.75, 3.05) is 28.4 Å². The van der Waals surface area contributed by atoms with Gasteiger partial charge in [0.25, 0.3) is 0 Å². The Bertz CT molecular complexity index is 1050. The molecular weight excluding hydrogens is 427 g/mol. The van der Waals surface area contributed by atoms with Crippen LogP contribution in [0.15, 0.2) is 42.5 Å². The van der Waals surface area contributed by atoms with Crippen molar-refractivity contribution in [3.05, 3.63) is 59.2 Å². The Labute approximate surface area is 172 Å². The summed E-state index contributed by atoms with van der Waals surface area (Å²) in [6.45, 7) is 0. The van der Waals surface area contributed by atoms with Gasteiger partial charge in [-0.2, -0.15) is 17.7 Å². The molecule has 30 heavy (non-hydrogen) atoms. The van der Waals surface area contributed by atoms with Crippen LogP contribution in [0.2, 0.25) is 0 Å². The second kappa shape index (κ2) is 8.92. The second-order valence-electron chi connectivity index (χ2n) is 6.12. The molecule has 0 saturated heterocycles. The van der Waals surface area contributed by atoms with Crippen LogP contribution < -0.4 is 9.47 Å². The molecule has 1 unspecified atom stereocenters. The van der Waals surface area contributed by atoms with Gasteiger partial charge in [0.1, 0.15) is 18.5 Å². The van der Waals surface area contributed by atoms with E-state index in [0.29, 0.717) is 0 Å². The second-order valence-corrected chi connectivity index (χ2v) is 7.49. The fourth-order valence-electron chi connectivity index (χ4n) is 3.12. The normalized spacial score (nSPS) is 15.8. The Kier molecular flexibility index (Phi) is 6.99. The molecule has 1 heterocycles. The predicted molar refractivity (Wildman–Crippen MR) is 101 cm³/mol. The molecule has 3 rings (SSSR count). The quantitative estimate of drug-likeness (QED) is 0.409. The lowest BCUT2D eigenvalue weighted by Gasteiger charge is -2.14. The summed E-state index contributed by atoms with van der Waals surface area (Å²) < 4.78 is 77.5. The number of fused-ring (bicyclic) bond motifs is 1. The van der Waals surface area contributed by atoms with Gasteiger partial charge >= 0.3 is 11.4 Å². The average molecular weight is 447 g/mol. The summed E-state index contributed by atoms with van der Waals surface area (Å²) in [6, 6.07) is 14.3. The lowest BCUT2D eigenvalue weighted by molar-refractivity contribution is -0.535. The molecule has 0 N–H and O–H groups in total. The third-order valence-corrected chi connectivity index (χ3v) is 4.97. The highest BCUT2D eigenvalue weighted by Crippen LogP contribution is 2.39. The standard InChI is InChI=1S/C18H20NO3.CHF3O3S/c1-19-17(13-7-5-6-8-14(13)18(19)22-4)15-10-9-12(20-2)11-16(15)21-3;2-1(3,4)8(5,6)7/h5-11,17H,1-4H3;(H,5,6,7)/q+1;/p-1. The Morgan fingerprint density at radius 1 is 0.967 bits per heavy atom. The highest BCUT2D eigenvalue weighted by atomic mass is 32.2. The molecule has 0 fully saturated rings. The zero-order valence-corrected chi connectivity index (χ0v) is 17.4. The van der Waals surface area contributed by atoms with Crippen LogP contribution in [0.3, 0.4) is 0 Å². The maximum absolute atomic E-state index is 10.7. The lowest BCUT2D eigenvalue weighted by atomic mass is 9.96. The molecule has 2 aromatic carbocycles. The van der Waals surface area contributed by atoms with E-state index in [0.717, 1.165) is 28.5 Å². The fraction of sp³-hybridized carbons (Fsp3) is 0.316.